The van der Waals surface area contributed by atoms with Crippen molar-refractivity contribution < 1.29 is 93.7 Å². The summed E-state index contributed by atoms with van der Waals surface area (Å²) in [6, 6.07) is 7.14. The van der Waals surface area contributed by atoms with Gasteiger partial charge in [-0.25, -0.2) is 0 Å². The summed E-state index contributed by atoms with van der Waals surface area (Å²) in [5, 5.41) is 115. The molecule has 0 saturated carbocycles. The van der Waals surface area contributed by atoms with Crippen LogP contribution in [-0.4, -0.2) is 162 Å². The Morgan fingerprint density at radius 3 is 2.07 bits per heavy atom. The van der Waals surface area contributed by atoms with Crippen LogP contribution in [0.25, 0.3) is 22.3 Å². The van der Waals surface area contributed by atoms with E-state index in [1.54, 1.807) is 32.1 Å². The van der Waals surface area contributed by atoms with Gasteiger partial charge in [0.25, 0.3) is 0 Å². The lowest BCUT2D eigenvalue weighted by atomic mass is 9.98. The molecule has 3 fully saturated rings. The number of hydrogen-bond acceptors (Lipinski definition) is 20. The van der Waals surface area contributed by atoms with Gasteiger partial charge in [-0.05, 0) is 51.5 Å². The molecule has 0 aliphatic carbocycles. The van der Waals surface area contributed by atoms with Gasteiger partial charge >= 0.3 is 0 Å². The fraction of sp³-hybridized carbons (Fsp3) is 0.553. The van der Waals surface area contributed by atoms with Crippen molar-refractivity contribution in [2.45, 2.75) is 119 Å². The monoisotopic (exact) mass is 824 g/mol. The molecule has 0 bridgehead atoms. The average Bonchev–Trinajstić information content (AvgIpc) is 3.20. The molecule has 11 N–H and O–H groups in total. The summed E-state index contributed by atoms with van der Waals surface area (Å²) < 4.78 is 46.0. The van der Waals surface area contributed by atoms with Crippen LogP contribution < -0.4 is 19.6 Å². The number of phenolic OH excluding ortho intramolecular Hbond substituents is 1. The van der Waals surface area contributed by atoms with Crippen LogP contribution in [0.1, 0.15) is 26.3 Å². The molecule has 0 amide bonds. The Morgan fingerprint density at radius 1 is 0.776 bits per heavy atom. The number of aliphatic hydroxyl groups excluding tert-OH is 10. The van der Waals surface area contributed by atoms with Crippen LogP contribution in [0, 0.1) is 0 Å². The molecule has 0 spiro atoms. The van der Waals surface area contributed by atoms with E-state index in [9.17, 15) is 61.0 Å². The van der Waals surface area contributed by atoms with Crippen LogP contribution in [0.4, 0.5) is 0 Å². The Hall–Kier alpha value is -3.97. The molecule has 15 unspecified atom stereocenters. The second kappa shape index (κ2) is 17.7. The first kappa shape index (κ1) is 43.6. The Morgan fingerprint density at radius 2 is 1.43 bits per heavy atom. The van der Waals surface area contributed by atoms with Gasteiger partial charge in [-0.3, -0.25) is 4.79 Å². The molecule has 0 radical (unpaired) electrons. The first-order chi connectivity index (χ1) is 27.5. The van der Waals surface area contributed by atoms with E-state index >= 15 is 0 Å². The number of ether oxygens (including phenoxy) is 7. The van der Waals surface area contributed by atoms with Gasteiger partial charge in [-0.1, -0.05) is 11.6 Å². The molecule has 3 saturated heterocycles. The van der Waals surface area contributed by atoms with E-state index < -0.39 is 121 Å². The highest BCUT2D eigenvalue weighted by atomic mass is 16.8. The smallest absolute Gasteiger partial charge is 0.239 e. The van der Waals surface area contributed by atoms with Gasteiger partial charge in [-0.15, -0.1) is 0 Å². The third-order valence-corrected chi connectivity index (χ3v) is 10.2. The Bertz CT molecular complexity index is 1980. The summed E-state index contributed by atoms with van der Waals surface area (Å²) in [4.78, 5) is 14.7. The zero-order chi connectivity index (χ0) is 42.3. The molecule has 3 aromatic rings. The molecular formula is C38H48O20. The largest absolute Gasteiger partial charge is 0.507 e. The van der Waals surface area contributed by atoms with Crippen molar-refractivity contribution in [2.75, 3.05) is 13.7 Å². The van der Waals surface area contributed by atoms with Crippen LogP contribution >= 0.6 is 0 Å². The van der Waals surface area contributed by atoms with Gasteiger partial charge in [0.15, 0.2) is 24.4 Å². The summed E-state index contributed by atoms with van der Waals surface area (Å²) in [6.07, 6.45) is -24.8. The molecule has 320 valence electrons. The number of hydrogen-bond donors (Lipinski definition) is 11. The van der Waals surface area contributed by atoms with E-state index in [2.05, 4.69) is 0 Å². The number of aromatic hydroxyl groups is 1. The van der Waals surface area contributed by atoms with Gasteiger partial charge in [0.2, 0.25) is 23.8 Å². The number of allylic oxidation sites excluding steroid dienone is 2. The van der Waals surface area contributed by atoms with E-state index in [4.69, 9.17) is 37.6 Å². The van der Waals surface area contributed by atoms with Crippen molar-refractivity contribution in [2.24, 2.45) is 0 Å². The molecule has 20 nitrogen and oxygen atoms in total. The van der Waals surface area contributed by atoms with E-state index in [0.717, 1.165) is 11.6 Å². The average molecular weight is 825 g/mol. The third kappa shape index (κ3) is 8.40. The normalized spacial score (nSPS) is 35.4. The first-order valence-electron chi connectivity index (χ1n) is 18.3. The molecule has 1 aromatic heterocycles. The van der Waals surface area contributed by atoms with Gasteiger partial charge < -0.3 is 93.7 Å². The fourth-order valence-corrected chi connectivity index (χ4v) is 6.75. The predicted octanol–water partition coefficient (Wildman–Crippen LogP) is -2.15. The summed E-state index contributed by atoms with van der Waals surface area (Å²) in [5.74, 6) is -1.38. The van der Waals surface area contributed by atoms with Crippen molar-refractivity contribution in [1.82, 2.24) is 0 Å². The highest BCUT2D eigenvalue weighted by Gasteiger charge is 2.51. The van der Waals surface area contributed by atoms with Crippen LogP contribution in [0.5, 0.6) is 23.0 Å². The lowest BCUT2D eigenvalue weighted by Gasteiger charge is -2.44. The Kier molecular flexibility index (Phi) is 13.3. The minimum absolute atomic E-state index is 0.00355. The van der Waals surface area contributed by atoms with E-state index in [0.29, 0.717) is 5.75 Å². The molecule has 4 heterocycles. The minimum atomic E-state index is -2.04. The Labute approximate surface area is 329 Å². The topological polar surface area (TPSA) is 317 Å². The highest BCUT2D eigenvalue weighted by molar-refractivity contribution is 5.91. The van der Waals surface area contributed by atoms with Gasteiger partial charge in [0.1, 0.15) is 83.2 Å². The van der Waals surface area contributed by atoms with Gasteiger partial charge in [0.05, 0.1) is 19.8 Å². The highest BCUT2D eigenvalue weighted by Crippen LogP contribution is 2.42. The van der Waals surface area contributed by atoms with Gasteiger partial charge in [0, 0.05) is 17.2 Å². The lowest BCUT2D eigenvalue weighted by molar-refractivity contribution is -0.377. The molecule has 58 heavy (non-hydrogen) atoms. The number of aliphatic hydroxyl groups is 10. The number of fused-ring (bicyclic) bond motifs is 1. The minimum Gasteiger partial charge on any atom is -0.507 e. The van der Waals surface area contributed by atoms with Crippen molar-refractivity contribution in [3.8, 4) is 34.3 Å². The maximum Gasteiger partial charge on any atom is 0.239 e. The lowest BCUT2D eigenvalue weighted by Crippen LogP contribution is -2.64. The van der Waals surface area contributed by atoms with Crippen molar-refractivity contribution in [3.63, 3.8) is 0 Å². The molecule has 15 atom stereocenters. The maximum atomic E-state index is 14.7. The predicted molar refractivity (Wildman–Crippen MR) is 194 cm³/mol. The molecule has 3 aliphatic heterocycles. The second-order valence-corrected chi connectivity index (χ2v) is 14.5. The zero-order valence-electron chi connectivity index (χ0n) is 31.6. The van der Waals surface area contributed by atoms with Crippen LogP contribution in [0.15, 0.2) is 51.2 Å². The molecule has 2 aromatic carbocycles. The SMILES string of the molecule is COc1ccc(-c2oc3c(CC=C(C)C)c(OC4OC(CO)C(O)C(O)C4O)cc(O)c3c(=O)c2OC2OC(C)C(O)C(O)C2OC2OC(O)C(O)C(O)C2O)cc1. The van der Waals surface area contributed by atoms with Crippen LogP contribution in [-0.2, 0) is 25.4 Å². The third-order valence-electron chi connectivity index (χ3n) is 10.2. The summed E-state index contributed by atoms with van der Waals surface area (Å²) in [7, 11) is 1.43. The number of benzene rings is 2. The summed E-state index contributed by atoms with van der Waals surface area (Å²) >= 11 is 0. The zero-order valence-corrected chi connectivity index (χ0v) is 31.6. The fourth-order valence-electron chi connectivity index (χ4n) is 6.75. The summed E-state index contributed by atoms with van der Waals surface area (Å²) in [6.45, 7) is 4.22. The number of methoxy groups -OCH3 is 1. The second-order valence-electron chi connectivity index (χ2n) is 14.5. The van der Waals surface area contributed by atoms with Crippen molar-refractivity contribution in [1.29, 1.82) is 0 Å². The molecule has 6 rings (SSSR count). The summed E-state index contributed by atoms with van der Waals surface area (Å²) in [5.41, 5.74) is -0.0809. The van der Waals surface area contributed by atoms with E-state index in [1.165, 1.54) is 26.2 Å². The standard InChI is InChI=1S/C38H48O20/c1-13(2)5-10-17-19(53-36-29(48)25(44)23(42)20(12-39)54-36)11-18(40)21-24(43)33(31(55-32(17)21)15-6-8-16(51-4)9-7-15)56-38-34(27(46)22(41)14(3)52-38)57-37-30(49)26(45)28(47)35(50)58-37/h5-9,11,14,20,22-23,25-30,34-42,44-50H,10,12H2,1-4H3. The van der Waals surface area contributed by atoms with Crippen molar-refractivity contribution in [3.05, 3.63) is 57.8 Å². The maximum absolute atomic E-state index is 14.7. The van der Waals surface area contributed by atoms with Gasteiger partial charge in [-0.2, -0.15) is 0 Å². The Balaban J connectivity index is 1.50. The van der Waals surface area contributed by atoms with Crippen LogP contribution in [0.2, 0.25) is 0 Å². The molecular weight excluding hydrogens is 776 g/mol. The quantitative estimate of drug-likeness (QED) is 0.0919. The van der Waals surface area contributed by atoms with E-state index in [-0.39, 0.29) is 34.6 Å². The number of phenols is 1. The van der Waals surface area contributed by atoms with Crippen molar-refractivity contribution >= 4 is 11.0 Å². The van der Waals surface area contributed by atoms with E-state index in [1.807, 2.05) is 0 Å². The molecule has 3 aliphatic rings. The number of rotatable bonds is 11. The molecule has 20 heteroatoms. The van der Waals surface area contributed by atoms with Crippen LogP contribution in [0.3, 0.4) is 0 Å². The first-order valence-corrected chi connectivity index (χ1v) is 18.3.